The van der Waals surface area contributed by atoms with Gasteiger partial charge in [-0.1, -0.05) is 12.1 Å². The Hall–Kier alpha value is -1.40. The maximum atomic E-state index is 13.1. The predicted octanol–water partition coefficient (Wildman–Crippen LogP) is 1.97. The third-order valence-electron chi connectivity index (χ3n) is 3.05. The van der Waals surface area contributed by atoms with E-state index < -0.39 is 5.41 Å². The fraction of sp³-hybridized carbons (Fsp3) is 0.417. The molecule has 1 aromatic rings. The molecule has 2 nitrogen and oxygen atoms in total. The van der Waals surface area contributed by atoms with Crippen LogP contribution < -0.4 is 5.32 Å². The number of nitrogens with zero attached hydrogens (tertiary/aromatic N) is 1. The van der Waals surface area contributed by atoms with Gasteiger partial charge in [0.15, 0.2) is 0 Å². The van der Waals surface area contributed by atoms with Crippen LogP contribution >= 0.6 is 0 Å². The second-order valence-corrected chi connectivity index (χ2v) is 3.95. The minimum Gasteiger partial charge on any atom is -0.317 e. The molecule has 0 bridgehead atoms. The van der Waals surface area contributed by atoms with E-state index in [1.807, 2.05) is 6.07 Å². The van der Waals surface area contributed by atoms with Crippen molar-refractivity contribution < 1.29 is 4.39 Å². The molecule has 1 fully saturated rings. The van der Waals surface area contributed by atoms with Gasteiger partial charge in [0.05, 0.1) is 11.5 Å². The predicted molar refractivity (Wildman–Crippen MR) is 55.8 cm³/mol. The normalized spacial score (nSPS) is 19.5. The first-order valence-corrected chi connectivity index (χ1v) is 5.15. The summed E-state index contributed by atoms with van der Waals surface area (Å²) < 4.78 is 13.1. The maximum absolute atomic E-state index is 13.1. The zero-order valence-electron chi connectivity index (χ0n) is 8.46. The average molecular weight is 204 g/mol. The topological polar surface area (TPSA) is 35.8 Å². The highest BCUT2D eigenvalue weighted by Gasteiger charge is 2.33. The fourth-order valence-electron chi connectivity index (χ4n) is 2.10. The van der Waals surface area contributed by atoms with E-state index in [0.29, 0.717) is 0 Å². The van der Waals surface area contributed by atoms with Gasteiger partial charge in [-0.15, -0.1) is 0 Å². The monoisotopic (exact) mass is 204 g/mol. The lowest BCUT2D eigenvalue weighted by Crippen LogP contribution is -2.38. The molecule has 0 spiro atoms. The molecule has 1 aliphatic rings. The zero-order chi connectivity index (χ0) is 10.7. The Bertz CT molecular complexity index is 389. The van der Waals surface area contributed by atoms with Crippen LogP contribution in [0.2, 0.25) is 0 Å². The molecule has 0 unspecified atom stereocenters. The Morgan fingerprint density at radius 2 is 2.07 bits per heavy atom. The van der Waals surface area contributed by atoms with Gasteiger partial charge in [-0.05, 0) is 43.6 Å². The molecule has 1 aliphatic heterocycles. The van der Waals surface area contributed by atoms with Crippen LogP contribution in [0.4, 0.5) is 4.39 Å². The molecule has 3 heteroatoms. The van der Waals surface area contributed by atoms with Crippen LogP contribution in [-0.2, 0) is 5.41 Å². The van der Waals surface area contributed by atoms with Gasteiger partial charge >= 0.3 is 0 Å². The van der Waals surface area contributed by atoms with Crippen molar-refractivity contribution in [1.82, 2.24) is 5.32 Å². The molecular formula is C12H13FN2. The van der Waals surface area contributed by atoms with Crippen molar-refractivity contribution in [2.75, 3.05) is 13.1 Å². The number of halogens is 1. The van der Waals surface area contributed by atoms with Crippen molar-refractivity contribution >= 4 is 0 Å². The van der Waals surface area contributed by atoms with E-state index in [1.54, 1.807) is 6.07 Å². The summed E-state index contributed by atoms with van der Waals surface area (Å²) in [6, 6.07) is 8.76. The minimum atomic E-state index is -0.493. The van der Waals surface area contributed by atoms with Crippen molar-refractivity contribution in [2.45, 2.75) is 18.3 Å². The van der Waals surface area contributed by atoms with Gasteiger partial charge in [0.25, 0.3) is 0 Å². The molecule has 1 N–H and O–H groups in total. The van der Waals surface area contributed by atoms with E-state index in [1.165, 1.54) is 12.1 Å². The summed E-state index contributed by atoms with van der Waals surface area (Å²) in [4.78, 5) is 0. The second kappa shape index (κ2) is 4.00. The molecule has 0 saturated carbocycles. The van der Waals surface area contributed by atoms with E-state index in [9.17, 15) is 9.65 Å². The van der Waals surface area contributed by atoms with Crippen LogP contribution in [0, 0.1) is 17.1 Å². The molecule has 15 heavy (non-hydrogen) atoms. The van der Waals surface area contributed by atoms with E-state index in [-0.39, 0.29) is 5.82 Å². The quantitative estimate of drug-likeness (QED) is 0.759. The molecule has 0 aromatic heterocycles. The summed E-state index contributed by atoms with van der Waals surface area (Å²) in [5.74, 6) is -0.263. The van der Waals surface area contributed by atoms with Gasteiger partial charge in [-0.3, -0.25) is 0 Å². The molecule has 2 rings (SSSR count). The first-order valence-electron chi connectivity index (χ1n) is 5.15. The van der Waals surface area contributed by atoms with Gasteiger partial charge < -0.3 is 5.32 Å². The lowest BCUT2D eigenvalue weighted by molar-refractivity contribution is 0.381. The summed E-state index contributed by atoms with van der Waals surface area (Å²) in [7, 11) is 0. The van der Waals surface area contributed by atoms with Crippen molar-refractivity contribution in [3.8, 4) is 6.07 Å². The van der Waals surface area contributed by atoms with Crippen LogP contribution in [0.25, 0.3) is 0 Å². The van der Waals surface area contributed by atoms with E-state index in [2.05, 4.69) is 11.4 Å². The van der Waals surface area contributed by atoms with Crippen molar-refractivity contribution in [3.05, 3.63) is 35.6 Å². The lowest BCUT2D eigenvalue weighted by atomic mass is 9.74. The third-order valence-corrected chi connectivity index (χ3v) is 3.05. The molecular weight excluding hydrogens is 191 g/mol. The summed E-state index contributed by atoms with van der Waals surface area (Å²) in [6.07, 6.45) is 1.51. The molecule has 1 heterocycles. The Balaban J connectivity index is 2.37. The molecule has 0 aliphatic carbocycles. The summed E-state index contributed by atoms with van der Waals surface area (Å²) in [5, 5.41) is 12.5. The first-order chi connectivity index (χ1) is 7.27. The third kappa shape index (κ3) is 1.86. The largest absolute Gasteiger partial charge is 0.317 e. The Morgan fingerprint density at radius 3 is 2.67 bits per heavy atom. The number of hydrogen-bond donors (Lipinski definition) is 1. The number of rotatable bonds is 1. The van der Waals surface area contributed by atoms with Gasteiger partial charge in [0.1, 0.15) is 5.82 Å². The SMILES string of the molecule is N#CC1(c2cccc(F)c2)CCNCC1. The highest BCUT2D eigenvalue weighted by atomic mass is 19.1. The summed E-state index contributed by atoms with van der Waals surface area (Å²) in [5.41, 5.74) is 0.319. The molecule has 0 atom stereocenters. The van der Waals surface area contributed by atoms with Gasteiger partial charge in [-0.25, -0.2) is 4.39 Å². The Morgan fingerprint density at radius 1 is 1.33 bits per heavy atom. The highest BCUT2D eigenvalue weighted by molar-refractivity contribution is 5.33. The average Bonchev–Trinajstić information content (AvgIpc) is 2.30. The zero-order valence-corrected chi connectivity index (χ0v) is 8.46. The smallest absolute Gasteiger partial charge is 0.123 e. The lowest BCUT2D eigenvalue weighted by Gasteiger charge is -2.31. The van der Waals surface area contributed by atoms with Gasteiger partial charge in [0.2, 0.25) is 0 Å². The standard InChI is InChI=1S/C12H13FN2/c13-11-3-1-2-10(8-11)12(9-14)4-6-15-7-5-12/h1-3,8,15H,4-7H2. The molecule has 0 radical (unpaired) electrons. The minimum absolute atomic E-state index is 0.263. The second-order valence-electron chi connectivity index (χ2n) is 3.95. The van der Waals surface area contributed by atoms with E-state index in [0.717, 1.165) is 31.5 Å². The molecule has 0 amide bonds. The first kappa shape index (κ1) is 10.1. The number of nitriles is 1. The molecule has 1 aromatic carbocycles. The van der Waals surface area contributed by atoms with Crippen molar-refractivity contribution in [2.24, 2.45) is 0 Å². The highest BCUT2D eigenvalue weighted by Crippen LogP contribution is 2.32. The van der Waals surface area contributed by atoms with Crippen LogP contribution in [0.3, 0.4) is 0 Å². The van der Waals surface area contributed by atoms with Crippen molar-refractivity contribution in [3.63, 3.8) is 0 Å². The molecule has 1 saturated heterocycles. The molecule has 78 valence electrons. The number of nitrogens with one attached hydrogen (secondary N) is 1. The summed E-state index contributed by atoms with van der Waals surface area (Å²) >= 11 is 0. The van der Waals surface area contributed by atoms with Crippen LogP contribution in [-0.4, -0.2) is 13.1 Å². The number of piperidine rings is 1. The van der Waals surface area contributed by atoms with Crippen LogP contribution in [0.1, 0.15) is 18.4 Å². The Labute approximate surface area is 88.7 Å². The maximum Gasteiger partial charge on any atom is 0.123 e. The Kier molecular flexibility index (Phi) is 2.70. The van der Waals surface area contributed by atoms with Gasteiger partial charge in [-0.2, -0.15) is 5.26 Å². The summed E-state index contributed by atoms with van der Waals surface area (Å²) in [6.45, 7) is 1.65. The van der Waals surface area contributed by atoms with Gasteiger partial charge in [0, 0.05) is 0 Å². The van der Waals surface area contributed by atoms with Crippen molar-refractivity contribution in [1.29, 1.82) is 5.26 Å². The number of benzene rings is 1. The van der Waals surface area contributed by atoms with E-state index in [4.69, 9.17) is 0 Å². The van der Waals surface area contributed by atoms with Crippen LogP contribution in [0.15, 0.2) is 24.3 Å². The van der Waals surface area contributed by atoms with E-state index >= 15 is 0 Å². The van der Waals surface area contributed by atoms with Crippen LogP contribution in [0.5, 0.6) is 0 Å². The fourth-order valence-corrected chi connectivity index (χ4v) is 2.10. The number of hydrogen-bond acceptors (Lipinski definition) is 2.